The standard InChI is InChI=1S/C16H20N2OS/c1-6-13-9(2)8-14(20-13)16(19)18-15-10(3)7-11(4)17-12(15)5/h7-8H,6H2,1-5H3,(H,18,19). The molecule has 106 valence electrons. The van der Waals surface area contributed by atoms with E-state index >= 15 is 0 Å². The zero-order valence-corrected chi connectivity index (χ0v) is 13.4. The van der Waals surface area contributed by atoms with Gasteiger partial charge in [-0.1, -0.05) is 6.92 Å². The SMILES string of the molecule is CCc1sc(C(=O)Nc2c(C)cc(C)nc2C)cc1C. The molecule has 0 aliphatic rings. The van der Waals surface area contributed by atoms with Crippen molar-refractivity contribution in [1.82, 2.24) is 4.98 Å². The fourth-order valence-electron chi connectivity index (χ4n) is 2.37. The van der Waals surface area contributed by atoms with Crippen LogP contribution in [0.5, 0.6) is 0 Å². The summed E-state index contributed by atoms with van der Waals surface area (Å²) in [5.74, 6) is -0.0466. The Morgan fingerprint density at radius 3 is 2.45 bits per heavy atom. The fraction of sp³-hybridized carbons (Fsp3) is 0.375. The highest BCUT2D eigenvalue weighted by atomic mass is 32.1. The summed E-state index contributed by atoms with van der Waals surface area (Å²) in [6.45, 7) is 10.0. The number of thiophene rings is 1. The van der Waals surface area contributed by atoms with Gasteiger partial charge in [0.15, 0.2) is 0 Å². The molecule has 2 aromatic rings. The largest absolute Gasteiger partial charge is 0.319 e. The van der Waals surface area contributed by atoms with Crippen molar-refractivity contribution in [3.8, 4) is 0 Å². The number of nitrogens with zero attached hydrogens (tertiary/aromatic N) is 1. The maximum atomic E-state index is 12.4. The van der Waals surface area contributed by atoms with Crippen molar-refractivity contribution < 1.29 is 4.79 Å². The Morgan fingerprint density at radius 1 is 1.20 bits per heavy atom. The topological polar surface area (TPSA) is 42.0 Å². The minimum atomic E-state index is -0.0466. The maximum absolute atomic E-state index is 12.4. The second kappa shape index (κ2) is 5.75. The van der Waals surface area contributed by atoms with E-state index in [9.17, 15) is 4.79 Å². The zero-order valence-electron chi connectivity index (χ0n) is 12.6. The van der Waals surface area contributed by atoms with Crippen molar-refractivity contribution in [2.75, 3.05) is 5.32 Å². The molecule has 0 atom stereocenters. The third kappa shape index (κ3) is 2.90. The number of carbonyl (C=O) groups is 1. The van der Waals surface area contributed by atoms with Gasteiger partial charge in [-0.2, -0.15) is 0 Å². The Morgan fingerprint density at radius 2 is 1.90 bits per heavy atom. The number of carbonyl (C=O) groups excluding carboxylic acids is 1. The van der Waals surface area contributed by atoms with Crippen LogP contribution in [-0.2, 0) is 6.42 Å². The molecule has 20 heavy (non-hydrogen) atoms. The van der Waals surface area contributed by atoms with Crippen LogP contribution in [0.4, 0.5) is 5.69 Å². The van der Waals surface area contributed by atoms with Gasteiger partial charge < -0.3 is 5.32 Å². The average molecular weight is 288 g/mol. The van der Waals surface area contributed by atoms with Gasteiger partial charge in [0.2, 0.25) is 0 Å². The molecule has 0 aliphatic heterocycles. The van der Waals surface area contributed by atoms with E-state index in [-0.39, 0.29) is 5.91 Å². The number of hydrogen-bond acceptors (Lipinski definition) is 3. The number of hydrogen-bond donors (Lipinski definition) is 1. The molecule has 0 saturated heterocycles. The second-order valence-corrected chi connectivity index (χ2v) is 6.20. The van der Waals surface area contributed by atoms with Crippen LogP contribution >= 0.6 is 11.3 Å². The van der Waals surface area contributed by atoms with E-state index in [1.165, 1.54) is 10.4 Å². The maximum Gasteiger partial charge on any atom is 0.265 e. The molecule has 0 saturated carbocycles. The molecule has 0 radical (unpaired) electrons. The van der Waals surface area contributed by atoms with Gasteiger partial charge in [0, 0.05) is 10.6 Å². The Balaban J connectivity index is 2.28. The third-order valence-corrected chi connectivity index (χ3v) is 4.71. The lowest BCUT2D eigenvalue weighted by atomic mass is 10.1. The molecule has 1 N–H and O–H groups in total. The van der Waals surface area contributed by atoms with Crippen molar-refractivity contribution in [3.63, 3.8) is 0 Å². The van der Waals surface area contributed by atoms with Crippen LogP contribution in [0.3, 0.4) is 0 Å². The van der Waals surface area contributed by atoms with E-state index in [1.54, 1.807) is 11.3 Å². The molecule has 0 unspecified atom stereocenters. The second-order valence-electron chi connectivity index (χ2n) is 5.07. The van der Waals surface area contributed by atoms with Crippen LogP contribution in [0.25, 0.3) is 0 Å². The van der Waals surface area contributed by atoms with Crippen LogP contribution in [0.15, 0.2) is 12.1 Å². The van der Waals surface area contributed by atoms with Crippen molar-refractivity contribution in [1.29, 1.82) is 0 Å². The summed E-state index contributed by atoms with van der Waals surface area (Å²) < 4.78 is 0. The molecule has 0 fully saturated rings. The van der Waals surface area contributed by atoms with Gasteiger partial charge in [-0.05, 0) is 57.4 Å². The van der Waals surface area contributed by atoms with Gasteiger partial charge >= 0.3 is 0 Å². The first-order valence-electron chi connectivity index (χ1n) is 6.77. The lowest BCUT2D eigenvalue weighted by Crippen LogP contribution is -2.13. The summed E-state index contributed by atoms with van der Waals surface area (Å²) in [6.07, 6.45) is 0.966. The molecule has 0 aliphatic carbocycles. The molecule has 4 heteroatoms. The van der Waals surface area contributed by atoms with E-state index in [1.807, 2.05) is 32.9 Å². The molecule has 0 aromatic carbocycles. The van der Waals surface area contributed by atoms with E-state index < -0.39 is 0 Å². The first-order chi connectivity index (χ1) is 9.42. The summed E-state index contributed by atoms with van der Waals surface area (Å²) in [6, 6.07) is 3.95. The molecular weight excluding hydrogens is 268 g/mol. The number of amides is 1. The highest BCUT2D eigenvalue weighted by Crippen LogP contribution is 2.25. The number of pyridine rings is 1. The van der Waals surface area contributed by atoms with E-state index in [0.29, 0.717) is 0 Å². The van der Waals surface area contributed by atoms with Gasteiger partial charge in [-0.3, -0.25) is 9.78 Å². The van der Waals surface area contributed by atoms with Crippen molar-refractivity contribution in [3.05, 3.63) is 44.4 Å². The number of rotatable bonds is 3. The Bertz CT molecular complexity index is 635. The third-order valence-electron chi connectivity index (χ3n) is 3.33. The van der Waals surface area contributed by atoms with Gasteiger partial charge in [-0.25, -0.2) is 0 Å². The van der Waals surface area contributed by atoms with Gasteiger partial charge in [0.05, 0.1) is 16.3 Å². The summed E-state index contributed by atoms with van der Waals surface area (Å²) >= 11 is 1.57. The number of anilines is 1. The minimum Gasteiger partial charge on any atom is -0.319 e. The predicted molar refractivity (Wildman–Crippen MR) is 84.8 cm³/mol. The fourth-order valence-corrected chi connectivity index (χ4v) is 3.38. The average Bonchev–Trinajstić information content (AvgIpc) is 2.75. The molecular formula is C16H20N2OS. The van der Waals surface area contributed by atoms with Gasteiger partial charge in [-0.15, -0.1) is 11.3 Å². The highest BCUT2D eigenvalue weighted by molar-refractivity contribution is 7.14. The van der Waals surface area contributed by atoms with Crippen LogP contribution in [0.1, 0.15) is 44.0 Å². The lowest BCUT2D eigenvalue weighted by molar-refractivity contribution is 0.103. The monoisotopic (exact) mass is 288 g/mol. The first-order valence-corrected chi connectivity index (χ1v) is 7.59. The zero-order chi connectivity index (χ0) is 14.9. The van der Waals surface area contributed by atoms with Crippen molar-refractivity contribution >= 4 is 22.9 Å². The van der Waals surface area contributed by atoms with Gasteiger partial charge in [0.25, 0.3) is 5.91 Å². The molecule has 2 rings (SSSR count). The van der Waals surface area contributed by atoms with E-state index in [4.69, 9.17) is 0 Å². The normalized spacial score (nSPS) is 10.7. The summed E-state index contributed by atoms with van der Waals surface area (Å²) in [7, 11) is 0. The van der Waals surface area contributed by atoms with E-state index in [2.05, 4.69) is 24.1 Å². The lowest BCUT2D eigenvalue weighted by Gasteiger charge is -2.11. The predicted octanol–water partition coefficient (Wildman–Crippen LogP) is 4.19. The minimum absolute atomic E-state index is 0.0466. The van der Waals surface area contributed by atoms with E-state index in [0.717, 1.165) is 33.9 Å². The number of aryl methyl sites for hydroxylation is 5. The van der Waals surface area contributed by atoms with Crippen LogP contribution < -0.4 is 5.32 Å². The highest BCUT2D eigenvalue weighted by Gasteiger charge is 2.14. The Labute approximate surface area is 124 Å². The van der Waals surface area contributed by atoms with Crippen molar-refractivity contribution in [2.24, 2.45) is 0 Å². The Hall–Kier alpha value is -1.68. The van der Waals surface area contributed by atoms with Crippen LogP contribution in [-0.4, -0.2) is 10.9 Å². The molecule has 2 aromatic heterocycles. The van der Waals surface area contributed by atoms with Crippen LogP contribution in [0.2, 0.25) is 0 Å². The summed E-state index contributed by atoms with van der Waals surface area (Å²) in [5.41, 5.74) is 4.90. The molecule has 3 nitrogen and oxygen atoms in total. The number of aromatic nitrogens is 1. The quantitative estimate of drug-likeness (QED) is 0.920. The number of nitrogens with one attached hydrogen (secondary N) is 1. The summed E-state index contributed by atoms with van der Waals surface area (Å²) in [5, 5.41) is 3.00. The van der Waals surface area contributed by atoms with Crippen LogP contribution in [0, 0.1) is 27.7 Å². The Kier molecular flexibility index (Phi) is 4.23. The molecule has 0 bridgehead atoms. The molecule has 1 amide bonds. The van der Waals surface area contributed by atoms with Crippen molar-refractivity contribution in [2.45, 2.75) is 41.0 Å². The molecule has 2 heterocycles. The first kappa shape index (κ1) is 14.7. The smallest absolute Gasteiger partial charge is 0.265 e. The van der Waals surface area contributed by atoms with Gasteiger partial charge in [0.1, 0.15) is 0 Å². The molecule has 0 spiro atoms. The summed E-state index contributed by atoms with van der Waals surface area (Å²) in [4.78, 5) is 18.8.